The lowest BCUT2D eigenvalue weighted by Crippen LogP contribution is -2.31. The van der Waals surface area contributed by atoms with Crippen molar-refractivity contribution in [1.82, 2.24) is 0 Å². The van der Waals surface area contributed by atoms with Crippen molar-refractivity contribution < 1.29 is 19.1 Å². The Balaban J connectivity index is 1.88. The first-order valence-electron chi connectivity index (χ1n) is 6.99. The molecule has 0 atom stereocenters. The van der Waals surface area contributed by atoms with E-state index in [0.717, 1.165) is 5.69 Å². The third-order valence-electron chi connectivity index (χ3n) is 3.17. The maximum Gasteiger partial charge on any atom is 0.411 e. The molecule has 0 fully saturated rings. The zero-order valence-corrected chi connectivity index (χ0v) is 13.0. The maximum absolute atomic E-state index is 12.1. The molecule has 6 nitrogen and oxygen atoms in total. The van der Waals surface area contributed by atoms with Gasteiger partial charge in [-0.25, -0.2) is 4.79 Å². The molecule has 0 aromatic heterocycles. The molecule has 0 unspecified atom stereocenters. The van der Waals surface area contributed by atoms with Crippen LogP contribution in [0.15, 0.2) is 54.6 Å². The summed E-state index contributed by atoms with van der Waals surface area (Å²) in [6.07, 6.45) is -0.543. The number of likely N-dealkylation sites (N-methyl/N-ethyl adjacent to an activating group) is 1. The largest absolute Gasteiger partial charge is 0.484 e. The number of anilines is 2. The highest BCUT2D eigenvalue weighted by atomic mass is 16.5. The van der Waals surface area contributed by atoms with Crippen LogP contribution in [-0.2, 0) is 9.53 Å². The van der Waals surface area contributed by atoms with E-state index in [9.17, 15) is 9.59 Å². The number of carbonyl (C=O) groups is 2. The fourth-order valence-corrected chi connectivity index (χ4v) is 1.84. The summed E-state index contributed by atoms with van der Waals surface area (Å²) in [4.78, 5) is 24.7. The zero-order valence-electron chi connectivity index (χ0n) is 13.0. The highest BCUT2D eigenvalue weighted by Gasteiger charge is 2.11. The van der Waals surface area contributed by atoms with Crippen LogP contribution in [0.25, 0.3) is 0 Å². The van der Waals surface area contributed by atoms with Crippen molar-refractivity contribution >= 4 is 23.4 Å². The second kappa shape index (κ2) is 7.84. The Hall–Kier alpha value is -3.02. The third-order valence-corrected chi connectivity index (χ3v) is 3.17. The van der Waals surface area contributed by atoms with E-state index >= 15 is 0 Å². The van der Waals surface area contributed by atoms with Gasteiger partial charge in [0, 0.05) is 18.4 Å². The number of amides is 2. The summed E-state index contributed by atoms with van der Waals surface area (Å²) >= 11 is 0. The first-order chi connectivity index (χ1) is 11.1. The van der Waals surface area contributed by atoms with Crippen LogP contribution < -0.4 is 15.0 Å². The Morgan fingerprint density at radius 3 is 2.30 bits per heavy atom. The van der Waals surface area contributed by atoms with Crippen molar-refractivity contribution in [2.75, 3.05) is 31.0 Å². The van der Waals surface area contributed by atoms with Crippen LogP contribution in [0.4, 0.5) is 16.2 Å². The van der Waals surface area contributed by atoms with Gasteiger partial charge in [0.2, 0.25) is 0 Å². The molecule has 0 aliphatic rings. The van der Waals surface area contributed by atoms with Crippen LogP contribution in [-0.4, -0.2) is 32.8 Å². The molecule has 1 N–H and O–H groups in total. The quantitative estimate of drug-likeness (QED) is 0.921. The number of carbonyl (C=O) groups excluding carboxylic acids is 2. The third kappa shape index (κ3) is 4.74. The number of benzene rings is 2. The average molecular weight is 314 g/mol. The molecule has 0 saturated carbocycles. The van der Waals surface area contributed by atoms with Gasteiger partial charge in [-0.05, 0) is 36.4 Å². The number of methoxy groups -OCH3 is 1. The lowest BCUT2D eigenvalue weighted by atomic mass is 10.3. The van der Waals surface area contributed by atoms with Crippen LogP contribution in [0.5, 0.6) is 5.75 Å². The van der Waals surface area contributed by atoms with Gasteiger partial charge in [-0.15, -0.1) is 0 Å². The van der Waals surface area contributed by atoms with Gasteiger partial charge in [0.25, 0.3) is 5.91 Å². The predicted molar refractivity (Wildman–Crippen MR) is 87.8 cm³/mol. The van der Waals surface area contributed by atoms with E-state index in [2.05, 4.69) is 10.1 Å². The standard InChI is InChI=1S/C17H18N2O4/c1-19(14-6-4-3-5-7-14)16(20)12-23-15-10-8-13(9-11-15)18-17(21)22-2/h3-11H,12H2,1-2H3,(H,18,21). The minimum absolute atomic E-state index is 0.0742. The Morgan fingerprint density at radius 2 is 1.70 bits per heavy atom. The molecule has 0 bridgehead atoms. The summed E-state index contributed by atoms with van der Waals surface area (Å²) < 4.78 is 9.96. The molecule has 23 heavy (non-hydrogen) atoms. The molecule has 2 rings (SSSR count). The molecule has 2 aromatic rings. The van der Waals surface area contributed by atoms with Crippen LogP contribution in [0.2, 0.25) is 0 Å². The smallest absolute Gasteiger partial charge is 0.411 e. The summed E-state index contributed by atoms with van der Waals surface area (Å²) in [5.41, 5.74) is 1.38. The van der Waals surface area contributed by atoms with Crippen molar-refractivity contribution in [2.24, 2.45) is 0 Å². The molecular weight excluding hydrogens is 296 g/mol. The van der Waals surface area contributed by atoms with Gasteiger partial charge in [-0.1, -0.05) is 18.2 Å². The van der Waals surface area contributed by atoms with E-state index in [0.29, 0.717) is 11.4 Å². The average Bonchev–Trinajstić information content (AvgIpc) is 2.60. The topological polar surface area (TPSA) is 67.9 Å². The molecular formula is C17H18N2O4. The van der Waals surface area contributed by atoms with Crippen LogP contribution >= 0.6 is 0 Å². The monoisotopic (exact) mass is 314 g/mol. The fraction of sp³-hybridized carbons (Fsp3) is 0.176. The van der Waals surface area contributed by atoms with Gasteiger partial charge in [0.05, 0.1) is 7.11 Å². The number of ether oxygens (including phenoxy) is 2. The van der Waals surface area contributed by atoms with Crippen LogP contribution in [0.3, 0.4) is 0 Å². The highest BCUT2D eigenvalue weighted by molar-refractivity contribution is 5.93. The summed E-state index contributed by atoms with van der Waals surface area (Å²) in [5, 5.41) is 2.53. The van der Waals surface area contributed by atoms with E-state index in [1.54, 1.807) is 31.3 Å². The number of nitrogens with zero attached hydrogens (tertiary/aromatic N) is 1. The lowest BCUT2D eigenvalue weighted by Gasteiger charge is -2.17. The van der Waals surface area contributed by atoms with E-state index in [1.807, 2.05) is 30.3 Å². The molecule has 0 radical (unpaired) electrons. The molecule has 0 aliphatic carbocycles. The molecule has 2 aromatic carbocycles. The SMILES string of the molecule is COC(=O)Nc1ccc(OCC(=O)N(C)c2ccccc2)cc1. The Kier molecular flexibility index (Phi) is 5.57. The lowest BCUT2D eigenvalue weighted by molar-refractivity contribution is -0.120. The Bertz CT molecular complexity index is 656. The van der Waals surface area contributed by atoms with E-state index in [-0.39, 0.29) is 12.5 Å². The van der Waals surface area contributed by atoms with E-state index < -0.39 is 6.09 Å². The molecule has 6 heteroatoms. The second-order valence-corrected chi connectivity index (χ2v) is 4.72. The number of para-hydroxylation sites is 1. The molecule has 0 saturated heterocycles. The fourth-order valence-electron chi connectivity index (χ4n) is 1.84. The summed E-state index contributed by atoms with van der Waals surface area (Å²) in [5.74, 6) is 0.378. The van der Waals surface area contributed by atoms with Gasteiger partial charge >= 0.3 is 6.09 Å². The van der Waals surface area contributed by atoms with Crippen LogP contribution in [0.1, 0.15) is 0 Å². The highest BCUT2D eigenvalue weighted by Crippen LogP contribution is 2.16. The first kappa shape index (κ1) is 16.4. The number of rotatable bonds is 5. The molecule has 0 aliphatic heterocycles. The number of hydrogen-bond acceptors (Lipinski definition) is 4. The summed E-state index contributed by atoms with van der Waals surface area (Å²) in [7, 11) is 2.99. The van der Waals surface area contributed by atoms with Crippen molar-refractivity contribution in [3.8, 4) is 5.75 Å². The van der Waals surface area contributed by atoms with Gasteiger partial charge in [0.1, 0.15) is 5.75 Å². The summed E-state index contributed by atoms with van der Waals surface area (Å²) in [6, 6.07) is 16.0. The molecule has 2 amide bonds. The number of nitrogens with one attached hydrogen (secondary N) is 1. The van der Waals surface area contributed by atoms with Crippen molar-refractivity contribution in [2.45, 2.75) is 0 Å². The van der Waals surface area contributed by atoms with Gasteiger partial charge in [-0.2, -0.15) is 0 Å². The van der Waals surface area contributed by atoms with Gasteiger partial charge in [-0.3, -0.25) is 10.1 Å². The van der Waals surface area contributed by atoms with Crippen molar-refractivity contribution in [3.05, 3.63) is 54.6 Å². The van der Waals surface area contributed by atoms with E-state index in [1.165, 1.54) is 12.0 Å². The van der Waals surface area contributed by atoms with Gasteiger partial charge < -0.3 is 14.4 Å². The van der Waals surface area contributed by atoms with Crippen molar-refractivity contribution in [3.63, 3.8) is 0 Å². The normalized spacial score (nSPS) is 9.83. The number of hydrogen-bond donors (Lipinski definition) is 1. The molecule has 0 spiro atoms. The second-order valence-electron chi connectivity index (χ2n) is 4.72. The van der Waals surface area contributed by atoms with E-state index in [4.69, 9.17) is 4.74 Å². The van der Waals surface area contributed by atoms with Crippen LogP contribution in [0, 0.1) is 0 Å². The zero-order chi connectivity index (χ0) is 16.7. The minimum Gasteiger partial charge on any atom is -0.484 e. The van der Waals surface area contributed by atoms with Gasteiger partial charge in [0.15, 0.2) is 6.61 Å². The minimum atomic E-state index is -0.543. The summed E-state index contributed by atoms with van der Waals surface area (Å²) in [6.45, 7) is -0.0742. The maximum atomic E-state index is 12.1. The molecule has 0 heterocycles. The molecule has 120 valence electrons. The van der Waals surface area contributed by atoms with Crippen molar-refractivity contribution in [1.29, 1.82) is 0 Å². The Labute approximate surface area is 134 Å². The Morgan fingerprint density at radius 1 is 1.04 bits per heavy atom. The predicted octanol–water partition coefficient (Wildman–Crippen LogP) is 2.91. The first-order valence-corrected chi connectivity index (χ1v) is 6.99.